The number of hydrogen-bond acceptors (Lipinski definition) is 5. The Hall–Kier alpha value is -2.58. The van der Waals surface area contributed by atoms with Crippen molar-refractivity contribution >= 4 is 15.9 Å². The minimum absolute atomic E-state index is 0.118. The summed E-state index contributed by atoms with van der Waals surface area (Å²) in [7, 11) is -3.83. The molecule has 1 amide bonds. The van der Waals surface area contributed by atoms with Crippen molar-refractivity contribution in [2.24, 2.45) is 0 Å². The zero-order valence-corrected chi connectivity index (χ0v) is 18.4. The van der Waals surface area contributed by atoms with E-state index in [0.717, 1.165) is 12.0 Å². The fourth-order valence-electron chi connectivity index (χ4n) is 4.17. The van der Waals surface area contributed by atoms with Gasteiger partial charge in [-0.2, -0.15) is 4.31 Å². The summed E-state index contributed by atoms with van der Waals surface area (Å²) in [5.74, 6) is 0.899. The third kappa shape index (κ3) is 4.55. The van der Waals surface area contributed by atoms with Crippen LogP contribution in [0, 0.1) is 0 Å². The maximum Gasteiger partial charge on any atom is 0.243 e. The van der Waals surface area contributed by atoms with Crippen molar-refractivity contribution in [2.45, 2.75) is 43.0 Å². The van der Waals surface area contributed by atoms with Crippen LogP contribution in [0.15, 0.2) is 53.4 Å². The Morgan fingerprint density at radius 3 is 2.61 bits per heavy atom. The van der Waals surface area contributed by atoms with Crippen molar-refractivity contribution in [3.63, 3.8) is 0 Å². The second-order valence-electron chi connectivity index (χ2n) is 7.84. The van der Waals surface area contributed by atoms with Gasteiger partial charge in [-0.1, -0.05) is 37.3 Å². The van der Waals surface area contributed by atoms with Crippen LogP contribution in [-0.2, 0) is 14.8 Å². The molecule has 2 aromatic carbocycles. The quantitative estimate of drug-likeness (QED) is 0.710. The zero-order chi connectivity index (χ0) is 21.8. The van der Waals surface area contributed by atoms with Crippen molar-refractivity contribution in [3.05, 3.63) is 54.1 Å². The molecular formula is C23H28N2O5S. The number of nitrogens with one attached hydrogen (secondary N) is 1. The van der Waals surface area contributed by atoms with E-state index in [1.165, 1.54) is 16.4 Å². The molecule has 8 heteroatoms. The van der Waals surface area contributed by atoms with Gasteiger partial charge in [0.25, 0.3) is 0 Å². The molecular weight excluding hydrogens is 416 g/mol. The molecule has 1 fully saturated rings. The second kappa shape index (κ2) is 9.28. The van der Waals surface area contributed by atoms with Crippen molar-refractivity contribution in [3.8, 4) is 11.5 Å². The number of carbonyl (C=O) groups excluding carboxylic acids is 1. The SMILES string of the molecule is CCC(CNC(=O)C1CCCN1S(=O)(=O)c1ccc2c(c1)OCCO2)c1ccccc1. The summed E-state index contributed by atoms with van der Waals surface area (Å²) in [6, 6.07) is 13.9. The molecule has 7 nitrogen and oxygen atoms in total. The predicted octanol–water partition coefficient (Wildman–Crippen LogP) is 2.92. The summed E-state index contributed by atoms with van der Waals surface area (Å²) in [5.41, 5.74) is 1.16. The van der Waals surface area contributed by atoms with E-state index in [1.54, 1.807) is 6.07 Å². The average Bonchev–Trinajstić information content (AvgIpc) is 3.31. The highest BCUT2D eigenvalue weighted by molar-refractivity contribution is 7.89. The standard InChI is InChI=1S/C23H28N2O5S/c1-2-17(18-7-4-3-5-8-18)16-24-23(26)20-9-6-12-25(20)31(27,28)19-10-11-21-22(15-19)30-14-13-29-21/h3-5,7-8,10-11,15,17,20H,2,6,9,12-14,16H2,1H3,(H,24,26). The molecule has 0 saturated carbocycles. The number of benzene rings is 2. The Labute approximate surface area is 183 Å². The molecule has 2 unspecified atom stereocenters. The van der Waals surface area contributed by atoms with Gasteiger partial charge in [0.15, 0.2) is 11.5 Å². The minimum atomic E-state index is -3.83. The van der Waals surface area contributed by atoms with Crippen molar-refractivity contribution in [2.75, 3.05) is 26.3 Å². The molecule has 0 spiro atoms. The minimum Gasteiger partial charge on any atom is -0.486 e. The average molecular weight is 445 g/mol. The van der Waals surface area contributed by atoms with Gasteiger partial charge < -0.3 is 14.8 Å². The first-order valence-corrected chi connectivity index (χ1v) is 12.2. The fourth-order valence-corrected chi connectivity index (χ4v) is 5.85. The van der Waals surface area contributed by atoms with Gasteiger partial charge in [0, 0.05) is 25.1 Å². The Morgan fingerprint density at radius 2 is 1.87 bits per heavy atom. The first-order chi connectivity index (χ1) is 15.0. The highest BCUT2D eigenvalue weighted by Gasteiger charge is 2.39. The maximum atomic E-state index is 13.3. The maximum absolute atomic E-state index is 13.3. The number of nitrogens with zero attached hydrogens (tertiary/aromatic N) is 1. The van der Waals surface area contributed by atoms with Crippen LogP contribution in [0.2, 0.25) is 0 Å². The van der Waals surface area contributed by atoms with E-state index < -0.39 is 16.1 Å². The lowest BCUT2D eigenvalue weighted by Crippen LogP contribution is -2.46. The van der Waals surface area contributed by atoms with Crippen molar-refractivity contribution in [1.29, 1.82) is 0 Å². The van der Waals surface area contributed by atoms with E-state index in [1.807, 2.05) is 18.2 Å². The first-order valence-electron chi connectivity index (χ1n) is 10.7. The van der Waals surface area contributed by atoms with E-state index in [0.29, 0.717) is 50.6 Å². The lowest BCUT2D eigenvalue weighted by Gasteiger charge is -2.25. The molecule has 0 aromatic heterocycles. The molecule has 2 heterocycles. The fraction of sp³-hybridized carbons (Fsp3) is 0.435. The van der Waals surface area contributed by atoms with Gasteiger partial charge in [0.2, 0.25) is 15.9 Å². The van der Waals surface area contributed by atoms with Crippen LogP contribution in [0.4, 0.5) is 0 Å². The van der Waals surface area contributed by atoms with Gasteiger partial charge in [0.05, 0.1) is 4.90 Å². The normalized spacial score (nSPS) is 19.7. The number of amides is 1. The third-order valence-electron chi connectivity index (χ3n) is 5.91. The van der Waals surface area contributed by atoms with E-state index >= 15 is 0 Å². The van der Waals surface area contributed by atoms with Crippen LogP contribution in [0.1, 0.15) is 37.7 Å². The molecule has 1 saturated heterocycles. The van der Waals surface area contributed by atoms with Crippen LogP contribution < -0.4 is 14.8 Å². The van der Waals surface area contributed by atoms with E-state index in [2.05, 4.69) is 24.4 Å². The number of ether oxygens (including phenoxy) is 2. The monoisotopic (exact) mass is 444 g/mol. The van der Waals surface area contributed by atoms with Gasteiger partial charge >= 0.3 is 0 Å². The first kappa shape index (κ1) is 21.6. The molecule has 2 aromatic rings. The van der Waals surface area contributed by atoms with Crippen LogP contribution in [-0.4, -0.2) is 51.0 Å². The molecule has 2 atom stereocenters. The van der Waals surface area contributed by atoms with Crippen LogP contribution in [0.25, 0.3) is 0 Å². The van der Waals surface area contributed by atoms with Gasteiger partial charge in [0.1, 0.15) is 19.3 Å². The molecule has 1 N–H and O–H groups in total. The predicted molar refractivity (Wildman–Crippen MR) is 117 cm³/mol. The molecule has 31 heavy (non-hydrogen) atoms. The Kier molecular flexibility index (Phi) is 6.48. The van der Waals surface area contributed by atoms with Crippen LogP contribution in [0.5, 0.6) is 11.5 Å². The topological polar surface area (TPSA) is 84.9 Å². The number of fused-ring (bicyclic) bond motifs is 1. The lowest BCUT2D eigenvalue weighted by molar-refractivity contribution is -0.124. The molecule has 0 bridgehead atoms. The largest absolute Gasteiger partial charge is 0.486 e. The van der Waals surface area contributed by atoms with Crippen molar-refractivity contribution in [1.82, 2.24) is 9.62 Å². The number of carbonyl (C=O) groups is 1. The van der Waals surface area contributed by atoms with E-state index in [-0.39, 0.29) is 16.7 Å². The smallest absolute Gasteiger partial charge is 0.243 e. The summed E-state index contributed by atoms with van der Waals surface area (Å²) < 4.78 is 38.9. The summed E-state index contributed by atoms with van der Waals surface area (Å²) in [6.07, 6.45) is 2.05. The Bertz CT molecular complexity index is 1030. The summed E-state index contributed by atoms with van der Waals surface area (Å²) in [4.78, 5) is 13.1. The van der Waals surface area contributed by atoms with Crippen LogP contribution >= 0.6 is 0 Å². The summed E-state index contributed by atoms with van der Waals surface area (Å²) in [6.45, 7) is 3.71. The highest BCUT2D eigenvalue weighted by Crippen LogP contribution is 2.35. The second-order valence-corrected chi connectivity index (χ2v) is 9.73. The molecule has 4 rings (SSSR count). The zero-order valence-electron chi connectivity index (χ0n) is 17.6. The van der Waals surface area contributed by atoms with Gasteiger partial charge in [-0.3, -0.25) is 4.79 Å². The van der Waals surface area contributed by atoms with Gasteiger partial charge in [-0.05, 0) is 37.0 Å². The van der Waals surface area contributed by atoms with Crippen LogP contribution in [0.3, 0.4) is 0 Å². The van der Waals surface area contributed by atoms with E-state index in [9.17, 15) is 13.2 Å². The molecule has 0 radical (unpaired) electrons. The number of hydrogen-bond donors (Lipinski definition) is 1. The number of rotatable bonds is 7. The Balaban J connectivity index is 1.47. The molecule has 2 aliphatic heterocycles. The molecule has 166 valence electrons. The van der Waals surface area contributed by atoms with Gasteiger partial charge in [-0.25, -0.2) is 8.42 Å². The third-order valence-corrected chi connectivity index (χ3v) is 7.82. The van der Waals surface area contributed by atoms with E-state index in [4.69, 9.17) is 9.47 Å². The van der Waals surface area contributed by atoms with Crippen molar-refractivity contribution < 1.29 is 22.7 Å². The molecule has 2 aliphatic rings. The Morgan fingerprint density at radius 1 is 1.13 bits per heavy atom. The number of sulfonamides is 1. The summed E-state index contributed by atoms with van der Waals surface area (Å²) >= 11 is 0. The van der Waals surface area contributed by atoms with Gasteiger partial charge in [-0.15, -0.1) is 0 Å². The summed E-state index contributed by atoms with van der Waals surface area (Å²) in [5, 5.41) is 2.99. The lowest BCUT2D eigenvalue weighted by atomic mass is 9.96. The molecule has 0 aliphatic carbocycles. The highest BCUT2D eigenvalue weighted by atomic mass is 32.2.